The van der Waals surface area contributed by atoms with E-state index in [1.165, 1.54) is 6.42 Å². The molecule has 136 valence electrons. The van der Waals surface area contributed by atoms with Crippen molar-refractivity contribution < 1.29 is 4.79 Å². The smallest absolute Gasteiger partial charge is 0.238 e. The minimum absolute atomic E-state index is 0.00919. The summed E-state index contributed by atoms with van der Waals surface area (Å²) in [7, 11) is 0. The number of nitrogens with zero attached hydrogens (tertiary/aromatic N) is 1. The molecule has 1 aliphatic heterocycles. The molecule has 1 N–H and O–H groups in total. The third-order valence-electron chi connectivity index (χ3n) is 5.14. The predicted octanol–water partition coefficient (Wildman–Crippen LogP) is 4.13. The van der Waals surface area contributed by atoms with Gasteiger partial charge in [-0.3, -0.25) is 9.69 Å². The van der Waals surface area contributed by atoms with Crippen LogP contribution < -0.4 is 5.32 Å². The van der Waals surface area contributed by atoms with Gasteiger partial charge in [0.15, 0.2) is 0 Å². The summed E-state index contributed by atoms with van der Waals surface area (Å²) in [6.45, 7) is 6.55. The third-order valence-corrected chi connectivity index (χ3v) is 5.14. The second-order valence-electron chi connectivity index (χ2n) is 6.92. The Hall–Kier alpha value is -2.39. The summed E-state index contributed by atoms with van der Waals surface area (Å²) in [5.41, 5.74) is 2.26. The van der Waals surface area contributed by atoms with Crippen LogP contribution in [0.25, 0.3) is 0 Å². The van der Waals surface area contributed by atoms with E-state index in [0.29, 0.717) is 6.54 Å². The van der Waals surface area contributed by atoms with Crippen molar-refractivity contribution in [2.75, 3.05) is 13.1 Å². The first-order valence-corrected chi connectivity index (χ1v) is 9.53. The van der Waals surface area contributed by atoms with Crippen molar-refractivity contribution in [2.45, 2.75) is 37.8 Å². The van der Waals surface area contributed by atoms with Crippen molar-refractivity contribution >= 4 is 5.91 Å². The average molecular weight is 348 g/mol. The Labute approximate surface area is 156 Å². The van der Waals surface area contributed by atoms with Gasteiger partial charge in [0.2, 0.25) is 5.91 Å². The van der Waals surface area contributed by atoms with Crippen LogP contribution in [0.2, 0.25) is 0 Å². The Morgan fingerprint density at radius 2 is 1.62 bits per heavy atom. The van der Waals surface area contributed by atoms with Gasteiger partial charge in [0.05, 0.1) is 6.04 Å². The lowest BCUT2D eigenvalue weighted by molar-refractivity contribution is -0.127. The van der Waals surface area contributed by atoms with Gasteiger partial charge in [-0.15, -0.1) is 6.58 Å². The second-order valence-corrected chi connectivity index (χ2v) is 6.92. The molecule has 2 aromatic carbocycles. The van der Waals surface area contributed by atoms with Crippen molar-refractivity contribution in [1.82, 2.24) is 10.2 Å². The van der Waals surface area contributed by atoms with Crippen LogP contribution in [0.15, 0.2) is 73.3 Å². The highest BCUT2D eigenvalue weighted by Crippen LogP contribution is 2.27. The van der Waals surface area contributed by atoms with Crippen LogP contribution in [0.3, 0.4) is 0 Å². The van der Waals surface area contributed by atoms with E-state index in [2.05, 4.69) is 28.9 Å². The minimum Gasteiger partial charge on any atom is -0.351 e. The number of piperidine rings is 1. The van der Waals surface area contributed by atoms with Crippen molar-refractivity contribution in [3.63, 3.8) is 0 Å². The molecule has 3 rings (SSSR count). The molecule has 0 saturated carbocycles. The second kappa shape index (κ2) is 9.35. The molecule has 26 heavy (non-hydrogen) atoms. The third kappa shape index (κ3) is 4.61. The van der Waals surface area contributed by atoms with Crippen LogP contribution in [0.1, 0.15) is 36.3 Å². The number of rotatable bonds is 7. The van der Waals surface area contributed by atoms with Crippen molar-refractivity contribution in [1.29, 1.82) is 0 Å². The molecule has 2 atom stereocenters. The molecule has 1 fully saturated rings. The Kier molecular flexibility index (Phi) is 6.62. The largest absolute Gasteiger partial charge is 0.351 e. The Morgan fingerprint density at radius 1 is 1.00 bits per heavy atom. The first kappa shape index (κ1) is 18.4. The zero-order valence-electron chi connectivity index (χ0n) is 15.3. The Bertz CT molecular complexity index is 693. The molecule has 0 spiro atoms. The lowest BCUT2D eigenvalue weighted by Crippen LogP contribution is -2.51. The molecule has 2 aromatic rings. The predicted molar refractivity (Wildman–Crippen MR) is 107 cm³/mol. The van der Waals surface area contributed by atoms with Gasteiger partial charge in [0, 0.05) is 12.5 Å². The van der Waals surface area contributed by atoms with E-state index < -0.39 is 0 Å². The molecule has 0 radical (unpaired) electrons. The van der Waals surface area contributed by atoms with Crippen LogP contribution in [0, 0.1) is 0 Å². The number of amides is 1. The maximum absolute atomic E-state index is 13.2. The highest BCUT2D eigenvalue weighted by molar-refractivity contribution is 5.83. The molecule has 1 saturated heterocycles. The fourth-order valence-electron chi connectivity index (χ4n) is 3.76. The molecule has 3 nitrogen and oxygen atoms in total. The number of benzene rings is 2. The number of nitrogens with one attached hydrogen (secondary N) is 1. The average Bonchev–Trinajstić information content (AvgIpc) is 2.72. The summed E-state index contributed by atoms with van der Waals surface area (Å²) < 4.78 is 0. The summed E-state index contributed by atoms with van der Waals surface area (Å²) in [4.78, 5) is 15.5. The minimum atomic E-state index is -0.209. The first-order chi connectivity index (χ1) is 12.8. The number of carbonyl (C=O) groups is 1. The van der Waals surface area contributed by atoms with E-state index in [4.69, 9.17) is 0 Å². The monoisotopic (exact) mass is 348 g/mol. The zero-order chi connectivity index (χ0) is 18.2. The quantitative estimate of drug-likeness (QED) is 0.763. The zero-order valence-corrected chi connectivity index (χ0v) is 15.3. The van der Waals surface area contributed by atoms with Crippen LogP contribution in [-0.2, 0) is 11.3 Å². The van der Waals surface area contributed by atoms with Gasteiger partial charge in [-0.25, -0.2) is 0 Å². The molecule has 3 heteroatoms. The number of likely N-dealkylation sites (tertiary alicyclic amines) is 1. The lowest BCUT2D eigenvalue weighted by atomic mass is 9.88. The Balaban J connectivity index is 1.79. The van der Waals surface area contributed by atoms with Crippen LogP contribution in [0.4, 0.5) is 0 Å². The molecular weight excluding hydrogens is 320 g/mol. The van der Waals surface area contributed by atoms with Gasteiger partial charge in [-0.05, 0) is 37.1 Å². The standard InChI is InChI=1S/C23H28N2O/c1-2-21(20-14-8-4-9-15-20)22(25-16-10-5-11-17-25)23(26)24-18-19-12-6-3-7-13-19/h2-4,6-9,12-15,21-22H,1,5,10-11,16-18H2,(H,24,26)/t21-,22?/m0/s1. The molecule has 0 aliphatic carbocycles. The van der Waals surface area contributed by atoms with Gasteiger partial charge in [-0.2, -0.15) is 0 Å². The fraction of sp³-hybridized carbons (Fsp3) is 0.348. The molecular formula is C23H28N2O. The molecule has 1 aliphatic rings. The van der Waals surface area contributed by atoms with Crippen LogP contribution in [-0.4, -0.2) is 29.9 Å². The van der Waals surface area contributed by atoms with E-state index in [1.807, 2.05) is 54.6 Å². The summed E-state index contributed by atoms with van der Waals surface area (Å²) in [6.07, 6.45) is 5.48. The Morgan fingerprint density at radius 3 is 2.23 bits per heavy atom. The van der Waals surface area contributed by atoms with E-state index in [0.717, 1.165) is 37.1 Å². The highest BCUT2D eigenvalue weighted by atomic mass is 16.2. The van der Waals surface area contributed by atoms with E-state index >= 15 is 0 Å². The van der Waals surface area contributed by atoms with Gasteiger partial charge in [-0.1, -0.05) is 73.2 Å². The summed E-state index contributed by atoms with van der Waals surface area (Å²) in [5, 5.41) is 3.15. The number of hydrogen-bond donors (Lipinski definition) is 1. The fourth-order valence-corrected chi connectivity index (χ4v) is 3.76. The molecule has 1 unspecified atom stereocenters. The number of carbonyl (C=O) groups excluding carboxylic acids is 1. The van der Waals surface area contributed by atoms with E-state index in [-0.39, 0.29) is 17.9 Å². The van der Waals surface area contributed by atoms with Crippen molar-refractivity contribution in [2.24, 2.45) is 0 Å². The summed E-state index contributed by atoms with van der Waals surface area (Å²) in [5.74, 6) is 0.0783. The number of hydrogen-bond acceptors (Lipinski definition) is 2. The molecule has 1 amide bonds. The first-order valence-electron chi connectivity index (χ1n) is 9.53. The molecule has 1 heterocycles. The van der Waals surface area contributed by atoms with Crippen molar-refractivity contribution in [3.8, 4) is 0 Å². The summed E-state index contributed by atoms with van der Waals surface area (Å²) >= 11 is 0. The van der Waals surface area contributed by atoms with Gasteiger partial charge in [0.25, 0.3) is 0 Å². The maximum Gasteiger partial charge on any atom is 0.238 e. The highest BCUT2D eigenvalue weighted by Gasteiger charge is 2.33. The SMILES string of the molecule is C=C[C@@H](c1ccccc1)C(C(=O)NCc1ccccc1)N1CCCCC1. The topological polar surface area (TPSA) is 32.3 Å². The molecule has 0 aromatic heterocycles. The molecule has 0 bridgehead atoms. The normalized spacial score (nSPS) is 17.2. The lowest BCUT2D eigenvalue weighted by Gasteiger charge is -2.37. The summed E-state index contributed by atoms with van der Waals surface area (Å²) in [6, 6.07) is 20.1. The van der Waals surface area contributed by atoms with E-state index in [9.17, 15) is 4.79 Å². The van der Waals surface area contributed by atoms with Crippen LogP contribution in [0.5, 0.6) is 0 Å². The van der Waals surface area contributed by atoms with Gasteiger partial charge >= 0.3 is 0 Å². The van der Waals surface area contributed by atoms with E-state index in [1.54, 1.807) is 0 Å². The van der Waals surface area contributed by atoms with Crippen molar-refractivity contribution in [3.05, 3.63) is 84.4 Å². The van der Waals surface area contributed by atoms with Crippen LogP contribution >= 0.6 is 0 Å². The van der Waals surface area contributed by atoms with Gasteiger partial charge in [0.1, 0.15) is 0 Å². The maximum atomic E-state index is 13.2. The van der Waals surface area contributed by atoms with Gasteiger partial charge < -0.3 is 5.32 Å².